The first-order valence-corrected chi connectivity index (χ1v) is 7.17. The van der Waals surface area contributed by atoms with E-state index >= 15 is 0 Å². The van der Waals surface area contributed by atoms with Crippen molar-refractivity contribution in [1.82, 2.24) is 4.90 Å². The Labute approximate surface area is 115 Å². The fourth-order valence-corrected chi connectivity index (χ4v) is 2.71. The van der Waals surface area contributed by atoms with Crippen molar-refractivity contribution in [1.29, 1.82) is 0 Å². The second-order valence-corrected chi connectivity index (χ2v) is 5.18. The van der Waals surface area contributed by atoms with Crippen LogP contribution in [0.1, 0.15) is 37.0 Å². The molecule has 1 aliphatic heterocycles. The maximum atomic E-state index is 12.6. The summed E-state index contributed by atoms with van der Waals surface area (Å²) in [5, 5.41) is 0. The van der Waals surface area contributed by atoms with Gasteiger partial charge in [0.1, 0.15) is 0 Å². The Kier molecular flexibility index (Phi) is 5.11. The Balaban J connectivity index is 2.12. The lowest BCUT2D eigenvalue weighted by Crippen LogP contribution is -2.43. The number of hydrogen-bond acceptors (Lipinski definition) is 3. The number of hydrogen-bond donors (Lipinski definition) is 0. The largest absolute Gasteiger partial charge is 0.377 e. The van der Waals surface area contributed by atoms with E-state index in [-0.39, 0.29) is 17.9 Å². The quantitative estimate of drug-likeness (QED) is 0.781. The van der Waals surface area contributed by atoms with Crippen LogP contribution in [0.3, 0.4) is 0 Å². The minimum absolute atomic E-state index is 0.0217. The van der Waals surface area contributed by atoms with E-state index in [9.17, 15) is 4.79 Å². The van der Waals surface area contributed by atoms with E-state index in [1.165, 1.54) is 0 Å². The molecule has 0 saturated carbocycles. The minimum Gasteiger partial charge on any atom is -0.377 e. The van der Waals surface area contributed by atoms with Crippen LogP contribution in [-0.4, -0.2) is 42.5 Å². The third-order valence-electron chi connectivity index (χ3n) is 3.67. The van der Waals surface area contributed by atoms with Gasteiger partial charge in [0, 0.05) is 25.3 Å². The summed E-state index contributed by atoms with van der Waals surface area (Å²) in [6.07, 6.45) is 2.06. The van der Waals surface area contributed by atoms with Crippen LogP contribution < -0.4 is 0 Å². The Morgan fingerprint density at radius 1 is 1.42 bits per heavy atom. The fourth-order valence-electron chi connectivity index (χ4n) is 2.71. The van der Waals surface area contributed by atoms with Gasteiger partial charge >= 0.3 is 0 Å². The second-order valence-electron chi connectivity index (χ2n) is 5.18. The van der Waals surface area contributed by atoms with Crippen molar-refractivity contribution < 1.29 is 9.53 Å². The molecular formula is C16H23NO2. The highest BCUT2D eigenvalue weighted by Crippen LogP contribution is 2.16. The van der Waals surface area contributed by atoms with Crippen molar-refractivity contribution in [2.24, 2.45) is 0 Å². The number of benzene rings is 1. The van der Waals surface area contributed by atoms with E-state index in [0.717, 1.165) is 38.1 Å². The van der Waals surface area contributed by atoms with Crippen molar-refractivity contribution in [2.45, 2.75) is 38.8 Å². The zero-order valence-corrected chi connectivity index (χ0v) is 11.8. The van der Waals surface area contributed by atoms with E-state index in [0.29, 0.717) is 0 Å². The van der Waals surface area contributed by atoms with Gasteiger partial charge in [0.25, 0.3) is 0 Å². The summed E-state index contributed by atoms with van der Waals surface area (Å²) in [5.41, 5.74) is 0.812. The zero-order valence-electron chi connectivity index (χ0n) is 11.8. The van der Waals surface area contributed by atoms with Gasteiger partial charge in [-0.1, -0.05) is 37.3 Å². The molecule has 19 heavy (non-hydrogen) atoms. The molecule has 2 atom stereocenters. The highest BCUT2D eigenvalue weighted by molar-refractivity contribution is 6.00. The molecule has 0 N–H and O–H groups in total. The highest BCUT2D eigenvalue weighted by Gasteiger charge is 2.27. The first kappa shape index (κ1) is 14.2. The molecule has 2 unspecified atom stereocenters. The summed E-state index contributed by atoms with van der Waals surface area (Å²) < 4.78 is 5.66. The molecule has 3 nitrogen and oxygen atoms in total. The van der Waals surface area contributed by atoms with Crippen molar-refractivity contribution in [3.63, 3.8) is 0 Å². The molecule has 1 saturated heterocycles. The Bertz CT molecular complexity index is 404. The summed E-state index contributed by atoms with van der Waals surface area (Å²) in [7, 11) is 0. The number of ketones is 1. The summed E-state index contributed by atoms with van der Waals surface area (Å²) in [5.74, 6) is 0.234. The van der Waals surface area contributed by atoms with Gasteiger partial charge in [0.05, 0.1) is 12.1 Å². The van der Waals surface area contributed by atoms with Crippen LogP contribution in [0.25, 0.3) is 0 Å². The van der Waals surface area contributed by atoms with Crippen molar-refractivity contribution in [2.75, 3.05) is 19.7 Å². The van der Waals surface area contributed by atoms with Gasteiger partial charge in [0.15, 0.2) is 5.78 Å². The molecule has 0 amide bonds. The molecule has 1 aliphatic rings. The van der Waals surface area contributed by atoms with Crippen LogP contribution in [0.2, 0.25) is 0 Å². The number of ether oxygens (including phenoxy) is 1. The van der Waals surface area contributed by atoms with Crippen LogP contribution in [-0.2, 0) is 4.74 Å². The standard InChI is InChI=1S/C16H23NO2/c1-3-15(16(18)14-8-5-4-6-9-14)17-10-7-11-19-13(2)12-17/h4-6,8-9,13,15H,3,7,10-12H2,1-2H3. The lowest BCUT2D eigenvalue weighted by molar-refractivity contribution is 0.0558. The third kappa shape index (κ3) is 3.64. The summed E-state index contributed by atoms with van der Waals surface area (Å²) >= 11 is 0. The van der Waals surface area contributed by atoms with Crippen LogP contribution in [0, 0.1) is 0 Å². The number of carbonyl (C=O) groups excluding carboxylic acids is 1. The fraction of sp³-hybridized carbons (Fsp3) is 0.562. The molecule has 3 heteroatoms. The second kappa shape index (κ2) is 6.83. The van der Waals surface area contributed by atoms with Gasteiger partial charge in [-0.2, -0.15) is 0 Å². The molecule has 0 bridgehead atoms. The molecule has 104 valence electrons. The van der Waals surface area contributed by atoms with Gasteiger partial charge in [-0.05, 0) is 19.8 Å². The van der Waals surface area contributed by atoms with E-state index < -0.39 is 0 Å². The van der Waals surface area contributed by atoms with E-state index in [2.05, 4.69) is 18.7 Å². The number of carbonyl (C=O) groups is 1. The van der Waals surface area contributed by atoms with Crippen LogP contribution in [0.4, 0.5) is 0 Å². The topological polar surface area (TPSA) is 29.5 Å². The Hall–Kier alpha value is -1.19. The van der Waals surface area contributed by atoms with Gasteiger partial charge in [-0.25, -0.2) is 0 Å². The predicted octanol–water partition coefficient (Wildman–Crippen LogP) is 2.76. The van der Waals surface area contributed by atoms with Crippen molar-refractivity contribution >= 4 is 5.78 Å². The molecule has 1 aromatic carbocycles. The van der Waals surface area contributed by atoms with Crippen molar-refractivity contribution in [3.8, 4) is 0 Å². The van der Waals surface area contributed by atoms with Gasteiger partial charge in [-0.15, -0.1) is 0 Å². The highest BCUT2D eigenvalue weighted by atomic mass is 16.5. The van der Waals surface area contributed by atoms with E-state index in [4.69, 9.17) is 4.74 Å². The smallest absolute Gasteiger partial charge is 0.179 e. The molecule has 1 heterocycles. The lowest BCUT2D eigenvalue weighted by atomic mass is 10.00. The van der Waals surface area contributed by atoms with Gasteiger partial charge in [0.2, 0.25) is 0 Å². The third-order valence-corrected chi connectivity index (χ3v) is 3.67. The molecule has 1 fully saturated rings. The molecule has 0 aromatic heterocycles. The summed E-state index contributed by atoms with van der Waals surface area (Å²) in [6.45, 7) is 6.76. The molecular weight excluding hydrogens is 238 g/mol. The molecule has 2 rings (SSSR count). The molecule has 1 aromatic rings. The normalized spacial score (nSPS) is 22.7. The van der Waals surface area contributed by atoms with Crippen LogP contribution >= 0.6 is 0 Å². The maximum Gasteiger partial charge on any atom is 0.179 e. The Morgan fingerprint density at radius 3 is 2.84 bits per heavy atom. The average molecular weight is 261 g/mol. The first-order chi connectivity index (χ1) is 9.22. The van der Waals surface area contributed by atoms with Crippen molar-refractivity contribution in [3.05, 3.63) is 35.9 Å². The average Bonchev–Trinajstić information content (AvgIpc) is 2.65. The minimum atomic E-state index is -0.0217. The SMILES string of the molecule is CCC(C(=O)c1ccccc1)N1CCCOC(C)C1. The monoisotopic (exact) mass is 261 g/mol. The molecule has 0 spiro atoms. The van der Waals surface area contributed by atoms with E-state index in [1.54, 1.807) is 0 Å². The number of Topliss-reactive ketones (excluding diaryl/α,β-unsaturated/α-hetero) is 1. The number of rotatable bonds is 4. The van der Waals surface area contributed by atoms with Gasteiger partial charge in [-0.3, -0.25) is 9.69 Å². The van der Waals surface area contributed by atoms with Crippen LogP contribution in [0.5, 0.6) is 0 Å². The summed E-state index contributed by atoms with van der Waals surface area (Å²) in [6, 6.07) is 9.58. The lowest BCUT2D eigenvalue weighted by Gasteiger charge is -2.29. The van der Waals surface area contributed by atoms with Crippen LogP contribution in [0.15, 0.2) is 30.3 Å². The zero-order chi connectivity index (χ0) is 13.7. The predicted molar refractivity (Wildman–Crippen MR) is 76.5 cm³/mol. The Morgan fingerprint density at radius 2 is 2.16 bits per heavy atom. The molecule has 0 aliphatic carbocycles. The van der Waals surface area contributed by atoms with E-state index in [1.807, 2.05) is 30.3 Å². The summed E-state index contributed by atoms with van der Waals surface area (Å²) in [4.78, 5) is 14.9. The molecule has 0 radical (unpaired) electrons. The first-order valence-electron chi connectivity index (χ1n) is 7.17. The maximum absolute atomic E-state index is 12.6. The van der Waals surface area contributed by atoms with Gasteiger partial charge < -0.3 is 4.74 Å². The number of nitrogens with zero attached hydrogens (tertiary/aromatic N) is 1.